The number of ether oxygens (including phenoxy) is 1. The van der Waals surface area contributed by atoms with Crippen molar-refractivity contribution in [2.45, 2.75) is 89.4 Å². The minimum absolute atomic E-state index is 0.108. The van der Waals surface area contributed by atoms with E-state index in [0.29, 0.717) is 5.92 Å². The molecular weight excluding hydrogens is 286 g/mol. The first-order chi connectivity index (χ1) is 11.1. The summed E-state index contributed by atoms with van der Waals surface area (Å²) in [6, 6.07) is 0. The minimum atomic E-state index is 0.108. The summed E-state index contributed by atoms with van der Waals surface area (Å²) in [6.45, 7) is 8.94. The molecule has 2 fully saturated rings. The predicted molar refractivity (Wildman–Crippen MR) is 93.6 cm³/mol. The topological polar surface area (TPSA) is 41.2 Å². The second kappa shape index (κ2) is 6.56. The molecule has 2 unspecified atom stereocenters. The normalized spacial score (nSPS) is 33.5. The lowest BCUT2D eigenvalue weighted by Crippen LogP contribution is -2.43. The maximum Gasteiger partial charge on any atom is 0.0695 e. The van der Waals surface area contributed by atoms with E-state index >= 15 is 0 Å². The van der Waals surface area contributed by atoms with Gasteiger partial charge in [0, 0.05) is 23.7 Å². The van der Waals surface area contributed by atoms with Gasteiger partial charge in [-0.05, 0) is 58.5 Å². The van der Waals surface area contributed by atoms with Gasteiger partial charge in [-0.15, -0.1) is 0 Å². The molecule has 0 spiro atoms. The van der Waals surface area contributed by atoms with Crippen molar-refractivity contribution < 1.29 is 4.74 Å². The Hall–Kier alpha value is -0.870. The molecule has 1 N–H and O–H groups in total. The summed E-state index contributed by atoms with van der Waals surface area (Å²) in [5, 5.41) is 7.73. The van der Waals surface area contributed by atoms with E-state index in [1.807, 2.05) is 6.20 Å². The van der Waals surface area contributed by atoms with Crippen LogP contribution >= 0.6 is 0 Å². The zero-order chi connectivity index (χ0) is 16.5. The van der Waals surface area contributed by atoms with Crippen LogP contribution in [0.25, 0.3) is 0 Å². The predicted octanol–water partition coefficient (Wildman–Crippen LogP) is 4.24. The molecule has 1 aromatic rings. The van der Waals surface area contributed by atoms with Gasteiger partial charge >= 0.3 is 0 Å². The third-order valence-corrected chi connectivity index (χ3v) is 6.20. The molecule has 0 radical (unpaired) electrons. The van der Waals surface area contributed by atoms with Crippen LogP contribution in [-0.2, 0) is 11.3 Å². The van der Waals surface area contributed by atoms with Crippen molar-refractivity contribution in [1.29, 1.82) is 0 Å². The molecule has 2 aliphatic heterocycles. The monoisotopic (exact) mass is 319 g/mol. The highest BCUT2D eigenvalue weighted by atomic mass is 16.5. The van der Waals surface area contributed by atoms with Crippen molar-refractivity contribution in [2.75, 3.05) is 13.6 Å². The maximum absolute atomic E-state index is 6.61. The molecule has 0 amide bonds. The van der Waals surface area contributed by atoms with Crippen molar-refractivity contribution in [3.05, 3.63) is 17.5 Å². The van der Waals surface area contributed by atoms with E-state index in [9.17, 15) is 0 Å². The van der Waals surface area contributed by atoms with Gasteiger partial charge in [-0.3, -0.25) is 5.10 Å². The largest absolute Gasteiger partial charge is 0.369 e. The fourth-order valence-electron chi connectivity index (χ4n) is 4.82. The second-order valence-corrected chi connectivity index (χ2v) is 7.83. The molecule has 2 atom stereocenters. The summed E-state index contributed by atoms with van der Waals surface area (Å²) in [6.07, 6.45) is 10.2. The fraction of sp³-hybridized carbons (Fsp3) is 0.842. The van der Waals surface area contributed by atoms with Crippen molar-refractivity contribution >= 4 is 0 Å². The van der Waals surface area contributed by atoms with E-state index in [4.69, 9.17) is 4.74 Å². The first-order valence-electron chi connectivity index (χ1n) is 9.46. The molecule has 23 heavy (non-hydrogen) atoms. The number of nitrogens with one attached hydrogen (secondary N) is 1. The third kappa shape index (κ3) is 3.20. The molecule has 4 nitrogen and oxygen atoms in total. The summed E-state index contributed by atoms with van der Waals surface area (Å²) in [4.78, 5) is 2.40. The van der Waals surface area contributed by atoms with Crippen LogP contribution < -0.4 is 0 Å². The van der Waals surface area contributed by atoms with Gasteiger partial charge in [0.25, 0.3) is 0 Å². The van der Waals surface area contributed by atoms with E-state index < -0.39 is 0 Å². The van der Waals surface area contributed by atoms with E-state index in [1.165, 1.54) is 30.5 Å². The fourth-order valence-corrected chi connectivity index (χ4v) is 4.82. The number of hydrogen-bond donors (Lipinski definition) is 1. The molecule has 0 saturated carbocycles. The van der Waals surface area contributed by atoms with E-state index in [0.717, 1.165) is 38.8 Å². The molecule has 2 bridgehead atoms. The van der Waals surface area contributed by atoms with Gasteiger partial charge in [0.05, 0.1) is 17.4 Å². The Morgan fingerprint density at radius 2 is 1.87 bits per heavy atom. The summed E-state index contributed by atoms with van der Waals surface area (Å²) in [5.74, 6) is 0.568. The van der Waals surface area contributed by atoms with Gasteiger partial charge < -0.3 is 9.64 Å². The van der Waals surface area contributed by atoms with E-state index in [2.05, 4.69) is 42.9 Å². The number of fused-ring (bicyclic) bond motifs is 2. The Morgan fingerprint density at radius 3 is 2.43 bits per heavy atom. The molecule has 1 aromatic heterocycles. The van der Waals surface area contributed by atoms with Crippen LogP contribution in [0.2, 0.25) is 0 Å². The SMILES string of the molecule is CCCN(C)Cc1cn[nH]c1C1CC2(CC)CCC(CC)(C1)O2. The van der Waals surface area contributed by atoms with Gasteiger partial charge in [0.2, 0.25) is 0 Å². The van der Waals surface area contributed by atoms with Crippen molar-refractivity contribution in [2.24, 2.45) is 0 Å². The Morgan fingerprint density at radius 1 is 1.22 bits per heavy atom. The number of aromatic nitrogens is 2. The standard InChI is InChI=1S/C19H33N3O/c1-5-10-22(4)14-16-13-20-21-17(16)15-11-18(6-2)8-9-19(7-3,12-15)23-18/h13,15H,5-12,14H2,1-4H3,(H,20,21). The highest BCUT2D eigenvalue weighted by Gasteiger charge is 2.54. The number of hydrogen-bond acceptors (Lipinski definition) is 3. The average molecular weight is 319 g/mol. The van der Waals surface area contributed by atoms with Crippen molar-refractivity contribution in [3.8, 4) is 0 Å². The number of H-pyrrole nitrogens is 1. The second-order valence-electron chi connectivity index (χ2n) is 7.83. The molecule has 3 rings (SSSR count). The number of rotatable bonds is 7. The highest BCUT2D eigenvalue weighted by molar-refractivity contribution is 5.24. The van der Waals surface area contributed by atoms with Crippen LogP contribution in [0.1, 0.15) is 82.9 Å². The third-order valence-electron chi connectivity index (χ3n) is 6.20. The van der Waals surface area contributed by atoms with E-state index in [1.54, 1.807) is 0 Å². The molecule has 0 aliphatic carbocycles. The van der Waals surface area contributed by atoms with Crippen molar-refractivity contribution in [1.82, 2.24) is 15.1 Å². The quantitative estimate of drug-likeness (QED) is 0.817. The highest BCUT2D eigenvalue weighted by Crippen LogP contribution is 2.55. The molecular formula is C19H33N3O. The summed E-state index contributed by atoms with van der Waals surface area (Å²) in [7, 11) is 2.20. The van der Waals surface area contributed by atoms with Crippen LogP contribution in [0.15, 0.2) is 6.20 Å². The summed E-state index contributed by atoms with van der Waals surface area (Å²) >= 11 is 0. The van der Waals surface area contributed by atoms with Crippen LogP contribution in [-0.4, -0.2) is 39.9 Å². The average Bonchev–Trinajstić information content (AvgIpc) is 3.11. The first-order valence-corrected chi connectivity index (χ1v) is 9.46. The zero-order valence-corrected chi connectivity index (χ0v) is 15.3. The molecule has 3 heterocycles. The van der Waals surface area contributed by atoms with Crippen LogP contribution in [0.3, 0.4) is 0 Å². The molecule has 2 aliphatic rings. The number of aromatic amines is 1. The smallest absolute Gasteiger partial charge is 0.0695 e. The van der Waals surface area contributed by atoms with Gasteiger partial charge in [-0.2, -0.15) is 5.10 Å². The Balaban J connectivity index is 1.81. The molecule has 0 aromatic carbocycles. The van der Waals surface area contributed by atoms with E-state index in [-0.39, 0.29) is 11.2 Å². The summed E-state index contributed by atoms with van der Waals surface area (Å²) in [5.41, 5.74) is 2.96. The lowest BCUT2D eigenvalue weighted by molar-refractivity contribution is -0.149. The van der Waals surface area contributed by atoms with Crippen LogP contribution in [0.4, 0.5) is 0 Å². The molecule has 4 heteroatoms. The lowest BCUT2D eigenvalue weighted by atomic mass is 9.79. The minimum Gasteiger partial charge on any atom is -0.369 e. The van der Waals surface area contributed by atoms with Gasteiger partial charge in [-0.1, -0.05) is 20.8 Å². The Bertz CT molecular complexity index is 508. The van der Waals surface area contributed by atoms with Gasteiger partial charge in [-0.25, -0.2) is 0 Å². The maximum atomic E-state index is 6.61. The van der Waals surface area contributed by atoms with Gasteiger partial charge in [0.1, 0.15) is 0 Å². The molecule has 130 valence electrons. The lowest BCUT2D eigenvalue weighted by Gasteiger charge is -2.43. The van der Waals surface area contributed by atoms with Gasteiger partial charge in [0.15, 0.2) is 0 Å². The van der Waals surface area contributed by atoms with Crippen molar-refractivity contribution in [3.63, 3.8) is 0 Å². The number of nitrogens with zero attached hydrogens (tertiary/aromatic N) is 2. The first kappa shape index (κ1) is 17.0. The molecule has 2 saturated heterocycles. The zero-order valence-electron chi connectivity index (χ0n) is 15.3. The summed E-state index contributed by atoms with van der Waals surface area (Å²) < 4.78 is 6.61. The Kier molecular flexibility index (Phi) is 4.84. The van der Waals surface area contributed by atoms with Crippen LogP contribution in [0, 0.1) is 0 Å². The van der Waals surface area contributed by atoms with Crippen LogP contribution in [0.5, 0.6) is 0 Å². The Labute approximate surface area is 141 Å².